The van der Waals surface area contributed by atoms with Crippen molar-refractivity contribution in [2.24, 2.45) is 5.41 Å². The number of hydrogen-bond donors (Lipinski definition) is 1. The summed E-state index contributed by atoms with van der Waals surface area (Å²) < 4.78 is 37.3. The van der Waals surface area contributed by atoms with Gasteiger partial charge in [0.1, 0.15) is 0 Å². The number of rotatable bonds is 8. The molecule has 0 aliphatic rings. The van der Waals surface area contributed by atoms with Crippen molar-refractivity contribution in [3.05, 3.63) is 0 Å². The molecule has 0 rings (SSSR count). The minimum atomic E-state index is -4.11. The van der Waals surface area contributed by atoms with Crippen LogP contribution in [0.5, 0.6) is 0 Å². The molecular weight excluding hydrogens is 229 g/mol. The summed E-state index contributed by atoms with van der Waals surface area (Å²) in [4.78, 5) is 1.51. The molecular formula is C12H25F3N2. The molecule has 0 aromatic carbocycles. The first-order valence-electron chi connectivity index (χ1n) is 6.20. The van der Waals surface area contributed by atoms with Crippen LogP contribution in [0.4, 0.5) is 13.2 Å². The molecule has 0 bridgehead atoms. The van der Waals surface area contributed by atoms with Crippen molar-refractivity contribution >= 4 is 0 Å². The predicted molar refractivity (Wildman–Crippen MR) is 65.1 cm³/mol. The fourth-order valence-electron chi connectivity index (χ4n) is 2.04. The van der Waals surface area contributed by atoms with E-state index in [2.05, 4.69) is 5.32 Å². The highest BCUT2D eigenvalue weighted by atomic mass is 19.4. The van der Waals surface area contributed by atoms with E-state index in [1.807, 2.05) is 27.8 Å². The Bertz CT molecular complexity index is 206. The van der Waals surface area contributed by atoms with Crippen LogP contribution in [0.2, 0.25) is 0 Å². The molecule has 5 heteroatoms. The molecule has 0 fully saturated rings. The maximum Gasteiger partial charge on any atom is 0.401 e. The van der Waals surface area contributed by atoms with Crippen LogP contribution in [-0.4, -0.2) is 44.3 Å². The Balaban J connectivity index is 4.50. The van der Waals surface area contributed by atoms with Gasteiger partial charge in [0, 0.05) is 13.1 Å². The summed E-state index contributed by atoms with van der Waals surface area (Å²) in [5, 5.41) is 3.06. The van der Waals surface area contributed by atoms with E-state index in [4.69, 9.17) is 0 Å². The molecule has 0 heterocycles. The van der Waals surface area contributed by atoms with Crippen LogP contribution >= 0.6 is 0 Å². The van der Waals surface area contributed by atoms with E-state index >= 15 is 0 Å². The quantitative estimate of drug-likeness (QED) is 0.716. The average molecular weight is 254 g/mol. The number of halogens is 3. The first-order chi connectivity index (χ1) is 7.76. The Morgan fingerprint density at radius 2 is 1.71 bits per heavy atom. The molecule has 2 nitrogen and oxygen atoms in total. The summed E-state index contributed by atoms with van der Waals surface area (Å²) in [7, 11) is 1.84. The van der Waals surface area contributed by atoms with Crippen LogP contribution < -0.4 is 5.32 Å². The van der Waals surface area contributed by atoms with Crippen LogP contribution in [0.15, 0.2) is 0 Å². The predicted octanol–water partition coefficient (Wildman–Crippen LogP) is 2.90. The lowest BCUT2D eigenvalue weighted by atomic mass is 9.86. The van der Waals surface area contributed by atoms with Crippen molar-refractivity contribution < 1.29 is 13.2 Å². The highest BCUT2D eigenvalue weighted by Gasteiger charge is 2.33. The van der Waals surface area contributed by atoms with Crippen molar-refractivity contribution in [1.29, 1.82) is 0 Å². The Hall–Kier alpha value is -0.290. The minimum Gasteiger partial charge on any atom is -0.319 e. The summed E-state index contributed by atoms with van der Waals surface area (Å²) in [6, 6.07) is 0. The molecule has 0 aromatic heterocycles. The molecule has 104 valence electrons. The van der Waals surface area contributed by atoms with E-state index in [0.29, 0.717) is 13.1 Å². The van der Waals surface area contributed by atoms with Gasteiger partial charge in [-0.2, -0.15) is 13.2 Å². The Labute approximate surface area is 103 Å². The van der Waals surface area contributed by atoms with Gasteiger partial charge < -0.3 is 5.32 Å². The van der Waals surface area contributed by atoms with Gasteiger partial charge in [-0.3, -0.25) is 4.90 Å². The van der Waals surface area contributed by atoms with E-state index in [9.17, 15) is 13.2 Å². The zero-order valence-corrected chi connectivity index (χ0v) is 11.3. The SMILES string of the molecule is CCCN(CC(F)(F)F)CC(C)(CC)CNC. The minimum absolute atomic E-state index is 0.102. The highest BCUT2D eigenvalue weighted by molar-refractivity contribution is 4.80. The molecule has 0 saturated heterocycles. The molecule has 0 aliphatic carbocycles. The number of hydrogen-bond acceptors (Lipinski definition) is 2. The van der Waals surface area contributed by atoms with E-state index in [1.165, 1.54) is 4.90 Å². The Morgan fingerprint density at radius 3 is 2.06 bits per heavy atom. The summed E-state index contributed by atoms with van der Waals surface area (Å²) in [6.07, 6.45) is -2.50. The third-order valence-corrected chi connectivity index (χ3v) is 3.01. The van der Waals surface area contributed by atoms with Gasteiger partial charge in [-0.1, -0.05) is 20.8 Å². The van der Waals surface area contributed by atoms with E-state index in [0.717, 1.165) is 19.4 Å². The average Bonchev–Trinajstić information content (AvgIpc) is 2.15. The van der Waals surface area contributed by atoms with Crippen molar-refractivity contribution in [3.63, 3.8) is 0 Å². The fraction of sp³-hybridized carbons (Fsp3) is 1.00. The standard InChI is InChI=1S/C12H25F3N2/c1-5-7-17(10-12(13,14)15)9-11(3,6-2)8-16-4/h16H,5-10H2,1-4H3. The van der Waals surface area contributed by atoms with Gasteiger partial charge in [-0.25, -0.2) is 0 Å². The molecule has 1 N–H and O–H groups in total. The molecule has 17 heavy (non-hydrogen) atoms. The molecule has 1 atom stereocenters. The normalized spacial score (nSPS) is 16.2. The van der Waals surface area contributed by atoms with Crippen molar-refractivity contribution in [2.75, 3.05) is 33.2 Å². The third-order valence-electron chi connectivity index (χ3n) is 3.01. The second kappa shape index (κ2) is 7.21. The molecule has 0 aliphatic heterocycles. The molecule has 1 unspecified atom stereocenters. The second-order valence-corrected chi connectivity index (χ2v) is 5.02. The van der Waals surface area contributed by atoms with E-state index in [1.54, 1.807) is 0 Å². The number of nitrogens with zero attached hydrogens (tertiary/aromatic N) is 1. The van der Waals surface area contributed by atoms with Gasteiger partial charge in [0.2, 0.25) is 0 Å². The third kappa shape index (κ3) is 7.60. The highest BCUT2D eigenvalue weighted by Crippen LogP contribution is 2.24. The molecule has 0 amide bonds. The summed E-state index contributed by atoms with van der Waals surface area (Å²) in [6.45, 7) is 6.88. The van der Waals surface area contributed by atoms with Crippen molar-refractivity contribution in [3.8, 4) is 0 Å². The van der Waals surface area contributed by atoms with Crippen molar-refractivity contribution in [1.82, 2.24) is 10.2 Å². The molecule has 0 saturated carbocycles. The van der Waals surface area contributed by atoms with Crippen LogP contribution in [0.1, 0.15) is 33.6 Å². The van der Waals surface area contributed by atoms with Crippen LogP contribution in [0.3, 0.4) is 0 Å². The maximum absolute atomic E-state index is 12.4. The van der Waals surface area contributed by atoms with Gasteiger partial charge in [-0.15, -0.1) is 0 Å². The topological polar surface area (TPSA) is 15.3 Å². The van der Waals surface area contributed by atoms with Crippen LogP contribution in [0, 0.1) is 5.41 Å². The monoisotopic (exact) mass is 254 g/mol. The lowest BCUT2D eigenvalue weighted by molar-refractivity contribution is -0.148. The van der Waals surface area contributed by atoms with Crippen molar-refractivity contribution in [2.45, 2.75) is 39.8 Å². The van der Waals surface area contributed by atoms with Gasteiger partial charge in [0.25, 0.3) is 0 Å². The smallest absolute Gasteiger partial charge is 0.319 e. The first kappa shape index (κ1) is 16.7. The van der Waals surface area contributed by atoms with Gasteiger partial charge in [0.05, 0.1) is 6.54 Å². The summed E-state index contributed by atoms with van der Waals surface area (Å²) in [5.41, 5.74) is -0.102. The maximum atomic E-state index is 12.4. The fourth-order valence-corrected chi connectivity index (χ4v) is 2.04. The van der Waals surface area contributed by atoms with Crippen LogP contribution in [0.25, 0.3) is 0 Å². The first-order valence-corrected chi connectivity index (χ1v) is 6.20. The number of nitrogens with one attached hydrogen (secondary N) is 1. The van der Waals surface area contributed by atoms with Gasteiger partial charge >= 0.3 is 6.18 Å². The Morgan fingerprint density at radius 1 is 1.12 bits per heavy atom. The lowest BCUT2D eigenvalue weighted by Gasteiger charge is -2.35. The van der Waals surface area contributed by atoms with E-state index < -0.39 is 12.7 Å². The molecule has 0 radical (unpaired) electrons. The molecule has 0 spiro atoms. The largest absolute Gasteiger partial charge is 0.401 e. The summed E-state index contributed by atoms with van der Waals surface area (Å²) in [5.74, 6) is 0. The summed E-state index contributed by atoms with van der Waals surface area (Å²) >= 11 is 0. The van der Waals surface area contributed by atoms with Crippen LogP contribution in [-0.2, 0) is 0 Å². The zero-order chi connectivity index (χ0) is 13.5. The van der Waals surface area contributed by atoms with Gasteiger partial charge in [-0.05, 0) is 31.8 Å². The number of alkyl halides is 3. The van der Waals surface area contributed by atoms with Gasteiger partial charge in [0.15, 0.2) is 0 Å². The lowest BCUT2D eigenvalue weighted by Crippen LogP contribution is -2.45. The molecule has 0 aromatic rings. The zero-order valence-electron chi connectivity index (χ0n) is 11.3. The second-order valence-electron chi connectivity index (χ2n) is 5.02. The van der Waals surface area contributed by atoms with E-state index in [-0.39, 0.29) is 5.41 Å². The Kier molecular flexibility index (Phi) is 7.09.